The van der Waals surface area contributed by atoms with Crippen LogP contribution in [0.5, 0.6) is 0 Å². The van der Waals surface area contributed by atoms with Gasteiger partial charge in [-0.25, -0.2) is 0 Å². The lowest BCUT2D eigenvalue weighted by molar-refractivity contribution is 0.0621. The number of piperazine rings is 1. The summed E-state index contributed by atoms with van der Waals surface area (Å²) in [4.78, 5) is 17.1. The van der Waals surface area contributed by atoms with Gasteiger partial charge in [-0.1, -0.05) is 23.7 Å². The van der Waals surface area contributed by atoms with Gasteiger partial charge in [0.25, 0.3) is 5.91 Å². The molecule has 140 valence electrons. The van der Waals surface area contributed by atoms with Crippen LogP contribution in [-0.2, 0) is 19.5 Å². The van der Waals surface area contributed by atoms with Crippen molar-refractivity contribution >= 4 is 29.9 Å². The van der Waals surface area contributed by atoms with Gasteiger partial charge in [-0.3, -0.25) is 14.8 Å². The molecule has 2 aliphatic heterocycles. The highest BCUT2D eigenvalue weighted by Gasteiger charge is 2.28. The predicted octanol–water partition coefficient (Wildman–Crippen LogP) is 2.09. The van der Waals surface area contributed by atoms with E-state index >= 15 is 0 Å². The average Bonchev–Trinajstić information content (AvgIpc) is 3.06. The van der Waals surface area contributed by atoms with Gasteiger partial charge in [-0.2, -0.15) is 5.10 Å². The Kier molecular flexibility index (Phi) is 6.19. The van der Waals surface area contributed by atoms with Crippen molar-refractivity contribution in [3.05, 3.63) is 51.8 Å². The quantitative estimate of drug-likeness (QED) is 0.834. The van der Waals surface area contributed by atoms with Crippen LogP contribution >= 0.6 is 24.0 Å². The third-order valence-corrected chi connectivity index (χ3v) is 5.20. The topological polar surface area (TPSA) is 64.3 Å². The summed E-state index contributed by atoms with van der Waals surface area (Å²) in [6.07, 6.45) is 0.906. The van der Waals surface area contributed by atoms with E-state index in [0.717, 1.165) is 68.5 Å². The summed E-state index contributed by atoms with van der Waals surface area (Å²) < 4.78 is 0. The van der Waals surface area contributed by atoms with E-state index in [1.165, 1.54) is 5.56 Å². The fourth-order valence-corrected chi connectivity index (χ4v) is 3.77. The van der Waals surface area contributed by atoms with Crippen LogP contribution in [-0.4, -0.2) is 58.6 Å². The molecule has 0 spiro atoms. The molecule has 2 N–H and O–H groups in total. The van der Waals surface area contributed by atoms with Gasteiger partial charge in [0.15, 0.2) is 5.69 Å². The molecule has 0 radical (unpaired) electrons. The molecule has 6 nitrogen and oxygen atoms in total. The summed E-state index contributed by atoms with van der Waals surface area (Å²) in [5.41, 5.74) is 3.93. The Morgan fingerprint density at radius 2 is 2.04 bits per heavy atom. The Bertz CT molecular complexity index is 771. The van der Waals surface area contributed by atoms with Crippen LogP contribution in [0, 0.1) is 0 Å². The summed E-state index contributed by atoms with van der Waals surface area (Å²) in [6.45, 7) is 5.71. The van der Waals surface area contributed by atoms with Crippen molar-refractivity contribution in [3.63, 3.8) is 0 Å². The number of nitrogens with one attached hydrogen (secondary N) is 2. The van der Waals surface area contributed by atoms with E-state index < -0.39 is 0 Å². The summed E-state index contributed by atoms with van der Waals surface area (Å²) in [6, 6.07) is 7.96. The van der Waals surface area contributed by atoms with Crippen LogP contribution in [0.4, 0.5) is 0 Å². The summed E-state index contributed by atoms with van der Waals surface area (Å²) in [7, 11) is 0. The minimum atomic E-state index is 0. The second-order valence-electron chi connectivity index (χ2n) is 6.65. The third kappa shape index (κ3) is 4.04. The van der Waals surface area contributed by atoms with Gasteiger partial charge < -0.3 is 10.2 Å². The first-order valence-electron chi connectivity index (χ1n) is 8.73. The van der Waals surface area contributed by atoms with E-state index in [0.29, 0.717) is 5.69 Å². The van der Waals surface area contributed by atoms with Crippen molar-refractivity contribution in [2.75, 3.05) is 32.7 Å². The molecule has 1 aromatic carbocycles. The number of halogens is 2. The van der Waals surface area contributed by atoms with Gasteiger partial charge >= 0.3 is 0 Å². The minimum absolute atomic E-state index is 0. The van der Waals surface area contributed by atoms with Crippen molar-refractivity contribution in [3.8, 4) is 0 Å². The Balaban J connectivity index is 0.00000196. The highest BCUT2D eigenvalue weighted by molar-refractivity contribution is 6.30. The smallest absolute Gasteiger partial charge is 0.274 e. The molecule has 0 atom stereocenters. The molecule has 0 aliphatic carbocycles. The zero-order chi connectivity index (χ0) is 17.2. The van der Waals surface area contributed by atoms with E-state index in [4.69, 9.17) is 11.6 Å². The molecular weight excluding hydrogens is 373 g/mol. The Hall–Kier alpha value is -1.60. The van der Waals surface area contributed by atoms with E-state index in [-0.39, 0.29) is 18.3 Å². The Morgan fingerprint density at radius 3 is 2.81 bits per heavy atom. The number of carbonyl (C=O) groups excluding carboxylic acids is 1. The van der Waals surface area contributed by atoms with Crippen molar-refractivity contribution in [2.45, 2.75) is 19.5 Å². The molecule has 0 bridgehead atoms. The summed E-state index contributed by atoms with van der Waals surface area (Å²) >= 11 is 6.06. The highest BCUT2D eigenvalue weighted by atomic mass is 35.5. The van der Waals surface area contributed by atoms with Gasteiger partial charge in [0, 0.05) is 68.5 Å². The molecule has 1 aromatic heterocycles. The predicted molar refractivity (Wildman–Crippen MR) is 104 cm³/mol. The van der Waals surface area contributed by atoms with Gasteiger partial charge in [0.2, 0.25) is 0 Å². The molecule has 26 heavy (non-hydrogen) atoms. The number of aromatic nitrogens is 2. The van der Waals surface area contributed by atoms with E-state index in [9.17, 15) is 4.79 Å². The zero-order valence-electron chi connectivity index (χ0n) is 14.5. The lowest BCUT2D eigenvalue weighted by Crippen LogP contribution is -2.48. The summed E-state index contributed by atoms with van der Waals surface area (Å²) in [5, 5.41) is 11.4. The van der Waals surface area contributed by atoms with Crippen LogP contribution in [0.3, 0.4) is 0 Å². The molecule has 1 amide bonds. The molecule has 3 heterocycles. The second-order valence-corrected chi connectivity index (χ2v) is 7.09. The van der Waals surface area contributed by atoms with E-state index in [2.05, 4.69) is 26.5 Å². The van der Waals surface area contributed by atoms with E-state index in [1.807, 2.05) is 23.1 Å². The largest absolute Gasteiger partial charge is 0.335 e. The molecule has 8 heteroatoms. The number of H-pyrrole nitrogens is 1. The lowest BCUT2D eigenvalue weighted by atomic mass is 10.1. The van der Waals surface area contributed by atoms with Crippen molar-refractivity contribution in [1.29, 1.82) is 0 Å². The number of hydrogen-bond donors (Lipinski definition) is 2. The number of amides is 1. The van der Waals surface area contributed by atoms with Gasteiger partial charge in [0.1, 0.15) is 0 Å². The maximum absolute atomic E-state index is 12.8. The first-order valence-corrected chi connectivity index (χ1v) is 9.11. The number of nitrogens with zero attached hydrogens (tertiary/aromatic N) is 3. The van der Waals surface area contributed by atoms with Crippen LogP contribution in [0.2, 0.25) is 5.02 Å². The minimum Gasteiger partial charge on any atom is -0.335 e. The highest BCUT2D eigenvalue weighted by Crippen LogP contribution is 2.19. The Morgan fingerprint density at radius 1 is 1.23 bits per heavy atom. The molecule has 2 aliphatic rings. The molecule has 1 saturated heterocycles. The number of rotatable bonds is 3. The van der Waals surface area contributed by atoms with Gasteiger partial charge in [-0.05, 0) is 17.7 Å². The standard InChI is InChI=1S/C18H22ClN5O.ClH/c19-14-3-1-2-13(10-14)12-23-6-8-24(9-7-23)18(25)17-15-11-20-5-4-16(15)21-22-17;/h1-3,10,20H,4-9,11-12H2,(H,21,22);1H. The number of benzene rings is 1. The van der Waals surface area contributed by atoms with Crippen LogP contribution in [0.1, 0.15) is 27.3 Å². The number of hydrogen-bond acceptors (Lipinski definition) is 4. The number of fused-ring (bicyclic) bond motifs is 1. The first-order chi connectivity index (χ1) is 12.2. The third-order valence-electron chi connectivity index (χ3n) is 4.96. The number of aromatic amines is 1. The second kappa shape index (κ2) is 8.39. The first kappa shape index (κ1) is 19.2. The average molecular weight is 396 g/mol. The van der Waals surface area contributed by atoms with Gasteiger partial charge in [0.05, 0.1) is 0 Å². The van der Waals surface area contributed by atoms with E-state index in [1.54, 1.807) is 0 Å². The van der Waals surface area contributed by atoms with Gasteiger partial charge in [-0.15, -0.1) is 12.4 Å². The molecular formula is C18H23Cl2N5O. The Labute approximate surface area is 164 Å². The maximum Gasteiger partial charge on any atom is 0.274 e. The fraction of sp³-hybridized carbons (Fsp3) is 0.444. The van der Waals surface area contributed by atoms with Crippen molar-refractivity contribution < 1.29 is 4.79 Å². The van der Waals surface area contributed by atoms with Crippen molar-refractivity contribution in [1.82, 2.24) is 25.3 Å². The normalized spacial score (nSPS) is 17.5. The van der Waals surface area contributed by atoms with Crippen molar-refractivity contribution in [2.24, 2.45) is 0 Å². The van der Waals surface area contributed by atoms with Crippen LogP contribution in [0.25, 0.3) is 0 Å². The SMILES string of the molecule is Cl.O=C(c1n[nH]c2c1CNCC2)N1CCN(Cc2cccc(Cl)c2)CC1. The molecule has 1 fully saturated rings. The zero-order valence-corrected chi connectivity index (χ0v) is 16.1. The molecule has 0 saturated carbocycles. The molecule has 0 unspecified atom stereocenters. The number of carbonyl (C=O) groups is 1. The maximum atomic E-state index is 12.8. The summed E-state index contributed by atoms with van der Waals surface area (Å²) in [5.74, 6) is 0.0450. The molecule has 2 aromatic rings. The molecule has 4 rings (SSSR count). The van der Waals surface area contributed by atoms with Crippen LogP contribution in [0.15, 0.2) is 24.3 Å². The fourth-order valence-electron chi connectivity index (χ4n) is 3.55. The monoisotopic (exact) mass is 395 g/mol. The van der Waals surface area contributed by atoms with Crippen LogP contribution < -0.4 is 5.32 Å². The lowest BCUT2D eigenvalue weighted by Gasteiger charge is -2.34.